The summed E-state index contributed by atoms with van der Waals surface area (Å²) < 4.78 is 73.4. The Morgan fingerprint density at radius 3 is 2.27 bits per heavy atom. The summed E-state index contributed by atoms with van der Waals surface area (Å²) in [6, 6.07) is 13.7. The number of hydrogen-bond acceptors (Lipinski definition) is 4. The minimum Gasteiger partial charge on any atom is -0.497 e. The van der Waals surface area contributed by atoms with Gasteiger partial charge < -0.3 is 23.9 Å². The van der Waals surface area contributed by atoms with Gasteiger partial charge in [-0.25, -0.2) is 9.18 Å². The highest BCUT2D eigenvalue weighted by Gasteiger charge is 2.32. The third-order valence-electron chi connectivity index (χ3n) is 5.88. The average Bonchev–Trinajstić information content (AvgIpc) is 3.11. The zero-order chi connectivity index (χ0) is 26.9. The van der Waals surface area contributed by atoms with Crippen LogP contribution in [0.15, 0.2) is 60.7 Å². The highest BCUT2D eigenvalue weighted by molar-refractivity contribution is 5.89. The number of rotatable bonds is 8. The van der Waals surface area contributed by atoms with Crippen LogP contribution in [0.1, 0.15) is 23.7 Å². The number of fused-ring (bicyclic) bond motifs is 1. The molecule has 0 amide bonds. The zero-order valence-corrected chi connectivity index (χ0v) is 20.1. The molecule has 0 radical (unpaired) electrons. The lowest BCUT2D eigenvalue weighted by molar-refractivity contribution is -0.144. The molecule has 1 atom stereocenters. The van der Waals surface area contributed by atoms with E-state index < -0.39 is 29.6 Å². The van der Waals surface area contributed by atoms with E-state index in [4.69, 9.17) is 19.3 Å². The number of benzene rings is 3. The van der Waals surface area contributed by atoms with E-state index in [0.29, 0.717) is 28.3 Å². The van der Waals surface area contributed by atoms with E-state index >= 15 is 0 Å². The van der Waals surface area contributed by atoms with Gasteiger partial charge in [0, 0.05) is 10.9 Å². The second kappa shape index (κ2) is 10.0. The fourth-order valence-corrected chi connectivity index (χ4v) is 3.89. The van der Waals surface area contributed by atoms with Crippen LogP contribution >= 0.6 is 0 Å². The number of carbonyl (C=O) groups is 1. The summed E-state index contributed by atoms with van der Waals surface area (Å²) in [6.45, 7) is 2.84. The van der Waals surface area contributed by atoms with Crippen LogP contribution in [0, 0.1) is 12.7 Å². The maximum absolute atomic E-state index is 14.8. The number of aromatic nitrogens is 1. The SMILES string of the molecule is COc1ccc(Oc2c(C)n(Cc3cc(O[C@H](C)C(=O)O)ccc3F)c3cc(C(F)(F)F)ccc23)cc1. The lowest BCUT2D eigenvalue weighted by Crippen LogP contribution is -2.23. The lowest BCUT2D eigenvalue weighted by atomic mass is 10.1. The van der Waals surface area contributed by atoms with Crippen molar-refractivity contribution in [3.8, 4) is 23.0 Å². The number of methoxy groups -OCH3 is 1. The van der Waals surface area contributed by atoms with E-state index in [2.05, 4.69) is 0 Å². The van der Waals surface area contributed by atoms with Gasteiger partial charge >= 0.3 is 12.1 Å². The molecule has 0 bridgehead atoms. The van der Waals surface area contributed by atoms with Crippen molar-refractivity contribution in [2.45, 2.75) is 32.7 Å². The standard InChI is InChI=1S/C27H23F4NO5/c1-15-25(37-20-7-5-19(35-3)6-8-20)22-10-4-18(27(29,30)31)13-24(22)32(15)14-17-12-21(9-11-23(17)28)36-16(2)26(33)34/h4-13,16H,14H2,1-3H3,(H,33,34)/t16-/m1/s1. The van der Waals surface area contributed by atoms with E-state index in [-0.39, 0.29) is 23.4 Å². The van der Waals surface area contributed by atoms with Crippen molar-refractivity contribution in [1.29, 1.82) is 0 Å². The van der Waals surface area contributed by atoms with Gasteiger partial charge in [0.25, 0.3) is 0 Å². The molecule has 1 heterocycles. The number of halogens is 4. The van der Waals surface area contributed by atoms with Crippen molar-refractivity contribution in [3.63, 3.8) is 0 Å². The first-order valence-corrected chi connectivity index (χ1v) is 11.2. The molecule has 0 spiro atoms. The summed E-state index contributed by atoms with van der Waals surface area (Å²) in [5, 5.41) is 9.50. The zero-order valence-electron chi connectivity index (χ0n) is 20.1. The van der Waals surface area contributed by atoms with Crippen LogP contribution in [0.4, 0.5) is 17.6 Å². The first-order chi connectivity index (χ1) is 17.5. The predicted octanol–water partition coefficient (Wildman–Crippen LogP) is 6.81. The van der Waals surface area contributed by atoms with Gasteiger partial charge in [-0.05, 0) is 74.5 Å². The molecule has 1 aromatic heterocycles. The third kappa shape index (κ3) is 5.47. The van der Waals surface area contributed by atoms with Crippen LogP contribution in [0.5, 0.6) is 23.0 Å². The fourth-order valence-electron chi connectivity index (χ4n) is 3.89. The highest BCUT2D eigenvalue weighted by Crippen LogP contribution is 2.40. The molecule has 1 N–H and O–H groups in total. The Labute approximate surface area is 209 Å². The molecule has 0 aliphatic carbocycles. The number of carboxylic acid groups (broad SMARTS) is 1. The molecule has 6 nitrogen and oxygen atoms in total. The Bertz CT molecular complexity index is 1440. The third-order valence-corrected chi connectivity index (χ3v) is 5.88. The minimum atomic E-state index is -4.58. The van der Waals surface area contributed by atoms with Crippen molar-refractivity contribution < 1.29 is 41.7 Å². The molecule has 37 heavy (non-hydrogen) atoms. The number of nitrogens with zero attached hydrogens (tertiary/aromatic N) is 1. The van der Waals surface area contributed by atoms with Crippen LogP contribution in [-0.4, -0.2) is 28.9 Å². The van der Waals surface area contributed by atoms with E-state index in [1.54, 1.807) is 31.2 Å². The monoisotopic (exact) mass is 517 g/mol. The van der Waals surface area contributed by atoms with Crippen molar-refractivity contribution in [2.24, 2.45) is 0 Å². The second-order valence-electron chi connectivity index (χ2n) is 8.36. The van der Waals surface area contributed by atoms with E-state index in [1.807, 2.05) is 0 Å². The van der Waals surface area contributed by atoms with Crippen LogP contribution in [0.25, 0.3) is 10.9 Å². The Morgan fingerprint density at radius 2 is 1.65 bits per heavy atom. The lowest BCUT2D eigenvalue weighted by Gasteiger charge is -2.14. The minimum absolute atomic E-state index is 0.100. The summed E-state index contributed by atoms with van der Waals surface area (Å²) in [5.41, 5.74) is -0.0960. The first kappa shape index (κ1) is 25.9. The maximum Gasteiger partial charge on any atom is 0.416 e. The fraction of sp³-hybridized carbons (Fsp3) is 0.222. The van der Waals surface area contributed by atoms with Gasteiger partial charge in [-0.1, -0.05) is 0 Å². The van der Waals surface area contributed by atoms with Gasteiger partial charge in [0.05, 0.1) is 30.4 Å². The van der Waals surface area contributed by atoms with Crippen molar-refractivity contribution >= 4 is 16.9 Å². The molecule has 0 fully saturated rings. The van der Waals surface area contributed by atoms with Crippen molar-refractivity contribution in [1.82, 2.24) is 4.57 Å². The number of carboxylic acids is 1. The number of alkyl halides is 3. The molecule has 0 unspecified atom stereocenters. The molecule has 3 aromatic carbocycles. The smallest absolute Gasteiger partial charge is 0.416 e. The normalized spacial score (nSPS) is 12.4. The van der Waals surface area contributed by atoms with Crippen molar-refractivity contribution in [2.75, 3.05) is 7.11 Å². The van der Waals surface area contributed by atoms with E-state index in [0.717, 1.165) is 18.2 Å². The van der Waals surface area contributed by atoms with Crippen LogP contribution in [0.3, 0.4) is 0 Å². The van der Waals surface area contributed by atoms with Crippen LogP contribution < -0.4 is 14.2 Å². The quantitative estimate of drug-likeness (QED) is 0.260. The Balaban J connectivity index is 1.80. The molecule has 10 heteroatoms. The van der Waals surface area contributed by atoms with Gasteiger partial charge in [0.1, 0.15) is 23.1 Å². The number of aliphatic carboxylic acids is 1. The Hall–Kier alpha value is -4.21. The predicted molar refractivity (Wildman–Crippen MR) is 128 cm³/mol. The Morgan fingerprint density at radius 1 is 1.00 bits per heavy atom. The summed E-state index contributed by atoms with van der Waals surface area (Å²) in [5.74, 6) is -0.338. The summed E-state index contributed by atoms with van der Waals surface area (Å²) in [6.07, 6.45) is -5.76. The largest absolute Gasteiger partial charge is 0.497 e. The van der Waals surface area contributed by atoms with Gasteiger partial charge in [-0.3, -0.25) is 0 Å². The molecule has 0 saturated carbocycles. The summed E-state index contributed by atoms with van der Waals surface area (Å²) >= 11 is 0. The molecular weight excluding hydrogens is 494 g/mol. The second-order valence-corrected chi connectivity index (χ2v) is 8.36. The number of hydrogen-bond donors (Lipinski definition) is 1. The summed E-state index contributed by atoms with van der Waals surface area (Å²) in [4.78, 5) is 11.1. The van der Waals surface area contributed by atoms with Gasteiger partial charge in [0.15, 0.2) is 11.9 Å². The van der Waals surface area contributed by atoms with Crippen LogP contribution in [0.2, 0.25) is 0 Å². The van der Waals surface area contributed by atoms with Gasteiger partial charge in [0.2, 0.25) is 0 Å². The van der Waals surface area contributed by atoms with Crippen LogP contribution in [-0.2, 0) is 17.5 Å². The molecule has 194 valence electrons. The van der Waals surface area contributed by atoms with E-state index in [9.17, 15) is 22.4 Å². The topological polar surface area (TPSA) is 69.9 Å². The molecule has 4 rings (SSSR count). The summed E-state index contributed by atoms with van der Waals surface area (Å²) in [7, 11) is 1.52. The average molecular weight is 517 g/mol. The highest BCUT2D eigenvalue weighted by atomic mass is 19.4. The molecule has 0 aliphatic heterocycles. The molecule has 0 aliphatic rings. The van der Waals surface area contributed by atoms with Gasteiger partial charge in [-0.2, -0.15) is 13.2 Å². The first-order valence-electron chi connectivity index (χ1n) is 11.2. The molecule has 4 aromatic rings. The number of ether oxygens (including phenoxy) is 3. The van der Waals surface area contributed by atoms with Crippen molar-refractivity contribution in [3.05, 3.63) is 83.3 Å². The maximum atomic E-state index is 14.8. The Kier molecular flexibility index (Phi) is 7.02. The van der Waals surface area contributed by atoms with E-state index in [1.165, 1.54) is 36.8 Å². The molecular formula is C27H23F4NO5. The van der Waals surface area contributed by atoms with Gasteiger partial charge in [-0.15, -0.1) is 0 Å². The molecule has 0 saturated heterocycles.